The first kappa shape index (κ1) is 10.9. The lowest BCUT2D eigenvalue weighted by Crippen LogP contribution is -2.37. The summed E-state index contributed by atoms with van der Waals surface area (Å²) in [6, 6.07) is 0.464. The molecule has 2 unspecified atom stereocenters. The van der Waals surface area contributed by atoms with E-state index in [0.717, 1.165) is 19.6 Å². The van der Waals surface area contributed by atoms with Crippen LogP contribution in [0.4, 0.5) is 0 Å². The lowest BCUT2D eigenvalue weighted by molar-refractivity contribution is 0.0442. The summed E-state index contributed by atoms with van der Waals surface area (Å²) in [5.41, 5.74) is 0. The van der Waals surface area contributed by atoms with Crippen LogP contribution in [0, 0.1) is 0 Å². The maximum absolute atomic E-state index is 5.54. The van der Waals surface area contributed by atoms with Crippen LogP contribution in [0.5, 0.6) is 0 Å². The largest absolute Gasteiger partial charge is 0.377 e. The van der Waals surface area contributed by atoms with Crippen LogP contribution in [0.3, 0.4) is 0 Å². The van der Waals surface area contributed by atoms with Gasteiger partial charge in [-0.3, -0.25) is 0 Å². The normalized spacial score (nSPS) is 16.4. The van der Waals surface area contributed by atoms with E-state index in [2.05, 4.69) is 33.0 Å². The third-order valence-corrected chi connectivity index (χ3v) is 1.82. The fraction of sp³-hybridized carbons (Fsp3) is 1.00. The molecule has 0 aromatic heterocycles. The fourth-order valence-electron chi connectivity index (χ4n) is 0.936. The third-order valence-electron chi connectivity index (χ3n) is 1.82. The monoisotopic (exact) mass is 159 g/mol. The van der Waals surface area contributed by atoms with Crippen molar-refractivity contribution in [3.05, 3.63) is 0 Å². The molecule has 68 valence electrons. The Bertz CT molecular complexity index is 85.6. The molecule has 0 amide bonds. The van der Waals surface area contributed by atoms with Crippen LogP contribution in [0.1, 0.15) is 34.1 Å². The van der Waals surface area contributed by atoms with Gasteiger partial charge in [0.2, 0.25) is 0 Å². The second kappa shape index (κ2) is 6.62. The van der Waals surface area contributed by atoms with Crippen molar-refractivity contribution >= 4 is 0 Å². The van der Waals surface area contributed by atoms with E-state index >= 15 is 0 Å². The number of hydrogen-bond acceptors (Lipinski definition) is 2. The van der Waals surface area contributed by atoms with Crippen molar-refractivity contribution in [1.29, 1.82) is 0 Å². The van der Waals surface area contributed by atoms with Gasteiger partial charge in [-0.1, -0.05) is 13.8 Å². The highest BCUT2D eigenvalue weighted by molar-refractivity contribution is 4.66. The zero-order valence-electron chi connectivity index (χ0n) is 8.18. The average Bonchev–Trinajstić information content (AvgIpc) is 2.00. The Morgan fingerprint density at radius 2 is 1.91 bits per heavy atom. The molecule has 0 aliphatic heterocycles. The third kappa shape index (κ3) is 5.22. The lowest BCUT2D eigenvalue weighted by atomic mass is 10.2. The maximum atomic E-state index is 5.54. The number of hydrogen-bond donors (Lipinski definition) is 1. The molecule has 2 nitrogen and oxygen atoms in total. The average molecular weight is 159 g/mol. The summed E-state index contributed by atoms with van der Waals surface area (Å²) >= 11 is 0. The van der Waals surface area contributed by atoms with Crippen molar-refractivity contribution in [2.75, 3.05) is 13.2 Å². The van der Waals surface area contributed by atoms with Crippen molar-refractivity contribution in [3.63, 3.8) is 0 Å². The second-order valence-electron chi connectivity index (χ2n) is 2.92. The molecule has 0 aromatic carbocycles. The molecule has 0 fully saturated rings. The van der Waals surface area contributed by atoms with Gasteiger partial charge in [0.1, 0.15) is 0 Å². The van der Waals surface area contributed by atoms with Crippen molar-refractivity contribution in [2.45, 2.75) is 46.3 Å². The molecule has 0 spiro atoms. The highest BCUT2D eigenvalue weighted by Gasteiger charge is 2.09. The van der Waals surface area contributed by atoms with Crippen molar-refractivity contribution in [3.8, 4) is 0 Å². The minimum atomic E-state index is 0.329. The summed E-state index contributed by atoms with van der Waals surface area (Å²) in [7, 11) is 0. The van der Waals surface area contributed by atoms with E-state index in [9.17, 15) is 0 Å². The Morgan fingerprint density at radius 3 is 2.36 bits per heavy atom. The summed E-state index contributed by atoms with van der Waals surface area (Å²) in [6.45, 7) is 10.4. The first-order chi connectivity index (χ1) is 5.22. The fourth-order valence-corrected chi connectivity index (χ4v) is 0.936. The minimum absolute atomic E-state index is 0.329. The van der Waals surface area contributed by atoms with E-state index in [0.29, 0.717) is 12.1 Å². The molecule has 1 N–H and O–H groups in total. The van der Waals surface area contributed by atoms with Gasteiger partial charge in [0.05, 0.1) is 6.10 Å². The molecule has 0 aliphatic carbocycles. The van der Waals surface area contributed by atoms with Gasteiger partial charge in [-0.25, -0.2) is 0 Å². The van der Waals surface area contributed by atoms with Crippen LogP contribution in [-0.2, 0) is 4.74 Å². The van der Waals surface area contributed by atoms with E-state index in [1.165, 1.54) is 0 Å². The van der Waals surface area contributed by atoms with Gasteiger partial charge in [0.25, 0.3) is 0 Å². The zero-order chi connectivity index (χ0) is 8.69. The Kier molecular flexibility index (Phi) is 6.57. The van der Waals surface area contributed by atoms with Gasteiger partial charge in [0, 0.05) is 12.6 Å². The van der Waals surface area contributed by atoms with Crippen LogP contribution in [0.25, 0.3) is 0 Å². The first-order valence-electron chi connectivity index (χ1n) is 4.57. The van der Waals surface area contributed by atoms with E-state index in [1.807, 2.05) is 0 Å². The Labute approximate surface area is 70.3 Å². The molecule has 2 atom stereocenters. The smallest absolute Gasteiger partial charge is 0.0697 e. The zero-order valence-corrected chi connectivity index (χ0v) is 8.18. The highest BCUT2D eigenvalue weighted by Crippen LogP contribution is 1.98. The molecular weight excluding hydrogens is 138 g/mol. The van der Waals surface area contributed by atoms with Crippen LogP contribution < -0.4 is 5.32 Å². The maximum Gasteiger partial charge on any atom is 0.0697 e. The van der Waals surface area contributed by atoms with Gasteiger partial charge >= 0.3 is 0 Å². The minimum Gasteiger partial charge on any atom is -0.377 e. The summed E-state index contributed by atoms with van der Waals surface area (Å²) in [5, 5.41) is 3.33. The predicted molar refractivity (Wildman–Crippen MR) is 48.8 cm³/mol. The van der Waals surface area contributed by atoms with Crippen molar-refractivity contribution < 1.29 is 4.74 Å². The van der Waals surface area contributed by atoms with Gasteiger partial charge in [-0.2, -0.15) is 0 Å². The molecular formula is C9H21NO. The van der Waals surface area contributed by atoms with Gasteiger partial charge < -0.3 is 10.1 Å². The van der Waals surface area contributed by atoms with E-state index < -0.39 is 0 Å². The van der Waals surface area contributed by atoms with Crippen LogP contribution in [0.2, 0.25) is 0 Å². The highest BCUT2D eigenvalue weighted by atomic mass is 16.5. The van der Waals surface area contributed by atoms with Gasteiger partial charge in [-0.05, 0) is 26.8 Å². The summed E-state index contributed by atoms with van der Waals surface area (Å²) in [5.74, 6) is 0. The van der Waals surface area contributed by atoms with Crippen LogP contribution in [0.15, 0.2) is 0 Å². The van der Waals surface area contributed by atoms with Crippen molar-refractivity contribution in [2.24, 2.45) is 0 Å². The summed E-state index contributed by atoms with van der Waals surface area (Å²) in [6.07, 6.45) is 1.43. The van der Waals surface area contributed by atoms with Crippen LogP contribution in [-0.4, -0.2) is 25.3 Å². The first-order valence-corrected chi connectivity index (χ1v) is 4.57. The molecule has 0 saturated carbocycles. The number of nitrogens with one attached hydrogen (secondary N) is 1. The van der Waals surface area contributed by atoms with Crippen molar-refractivity contribution in [1.82, 2.24) is 5.32 Å². The Morgan fingerprint density at radius 1 is 1.27 bits per heavy atom. The molecule has 2 heteroatoms. The molecule has 0 rings (SSSR count). The predicted octanol–water partition coefficient (Wildman–Crippen LogP) is 1.80. The van der Waals surface area contributed by atoms with Gasteiger partial charge in [-0.15, -0.1) is 0 Å². The Hall–Kier alpha value is -0.0800. The van der Waals surface area contributed by atoms with Crippen LogP contribution >= 0.6 is 0 Å². The number of ether oxygens (including phenoxy) is 1. The molecule has 0 saturated heterocycles. The summed E-state index contributed by atoms with van der Waals surface area (Å²) in [4.78, 5) is 0. The summed E-state index contributed by atoms with van der Waals surface area (Å²) < 4.78 is 5.54. The molecule has 0 aliphatic rings. The number of likely N-dealkylation sites (N-methyl/N-ethyl adjacent to an activating group) is 1. The molecule has 0 bridgehead atoms. The molecule has 0 heterocycles. The molecule has 11 heavy (non-hydrogen) atoms. The van der Waals surface area contributed by atoms with E-state index in [-0.39, 0.29) is 0 Å². The second-order valence-corrected chi connectivity index (χ2v) is 2.92. The molecule has 0 aromatic rings. The van der Waals surface area contributed by atoms with E-state index in [1.54, 1.807) is 0 Å². The quantitative estimate of drug-likeness (QED) is 0.638. The van der Waals surface area contributed by atoms with Gasteiger partial charge in [0.15, 0.2) is 0 Å². The number of rotatable bonds is 6. The SMILES string of the molecule is CCCOC(C)C(C)NCC. The standard InChI is InChI=1S/C9H21NO/c1-5-7-11-9(4)8(3)10-6-2/h8-10H,5-7H2,1-4H3. The Balaban J connectivity index is 3.38. The topological polar surface area (TPSA) is 21.3 Å². The molecule has 0 radical (unpaired) electrons. The lowest BCUT2D eigenvalue weighted by Gasteiger charge is -2.20. The van der Waals surface area contributed by atoms with E-state index in [4.69, 9.17) is 4.74 Å².